The molecule has 1 rings (SSSR count). The van der Waals surface area contributed by atoms with Crippen LogP contribution in [0.25, 0.3) is 0 Å². The minimum absolute atomic E-state index is 0.167. The Kier molecular flexibility index (Phi) is 6.19. The van der Waals surface area contributed by atoms with Crippen molar-refractivity contribution in [1.29, 1.82) is 0 Å². The number of urea groups is 1. The maximum Gasteiger partial charge on any atom is 0.325 e. The number of methoxy groups -OCH3 is 1. The first kappa shape index (κ1) is 16.5. The molecule has 0 saturated carbocycles. The Balaban J connectivity index is 2.81. The van der Waals surface area contributed by atoms with Crippen molar-refractivity contribution in [2.45, 2.75) is 13.3 Å². The number of carboxylic acids is 1. The summed E-state index contributed by atoms with van der Waals surface area (Å²) < 4.78 is 4.52. The van der Waals surface area contributed by atoms with E-state index in [0.29, 0.717) is 17.8 Å². The number of likely N-dealkylation sites (N-methyl/N-ethyl adjacent to an activating group) is 1. The molecule has 0 heterocycles. The molecule has 1 aromatic rings. The lowest BCUT2D eigenvalue weighted by Crippen LogP contribution is -2.39. The van der Waals surface area contributed by atoms with Gasteiger partial charge in [0.15, 0.2) is 0 Å². The van der Waals surface area contributed by atoms with Crippen LogP contribution in [0.1, 0.15) is 12.5 Å². The van der Waals surface area contributed by atoms with Gasteiger partial charge in [0.05, 0.1) is 13.5 Å². The number of amides is 2. The Morgan fingerprint density at radius 2 is 1.95 bits per heavy atom. The highest BCUT2D eigenvalue weighted by Gasteiger charge is 2.17. The molecule has 0 atom stereocenters. The van der Waals surface area contributed by atoms with Crippen LogP contribution in [0.4, 0.5) is 10.5 Å². The number of ether oxygens (including phenoxy) is 1. The van der Waals surface area contributed by atoms with E-state index in [0.717, 1.165) is 0 Å². The number of carbonyl (C=O) groups is 3. The zero-order valence-electron chi connectivity index (χ0n) is 12.0. The first-order valence-electron chi connectivity index (χ1n) is 6.40. The van der Waals surface area contributed by atoms with Crippen LogP contribution in [0.5, 0.6) is 0 Å². The van der Waals surface area contributed by atoms with Crippen molar-refractivity contribution in [2.24, 2.45) is 0 Å². The first-order valence-corrected chi connectivity index (χ1v) is 6.40. The van der Waals surface area contributed by atoms with Gasteiger partial charge in [-0.2, -0.15) is 0 Å². The third kappa shape index (κ3) is 5.13. The number of para-hydroxylation sites is 1. The lowest BCUT2D eigenvalue weighted by Gasteiger charge is -2.20. The lowest BCUT2D eigenvalue weighted by molar-refractivity contribution is -0.141. The lowest BCUT2D eigenvalue weighted by atomic mass is 10.1. The number of hydrogen-bond donors (Lipinski definition) is 2. The van der Waals surface area contributed by atoms with Crippen molar-refractivity contribution < 1.29 is 24.2 Å². The van der Waals surface area contributed by atoms with Gasteiger partial charge in [0, 0.05) is 12.2 Å². The van der Waals surface area contributed by atoms with Gasteiger partial charge in [-0.15, -0.1) is 0 Å². The molecule has 7 nitrogen and oxygen atoms in total. The molecule has 0 unspecified atom stereocenters. The predicted octanol–water partition coefficient (Wildman–Crippen LogP) is 1.34. The second kappa shape index (κ2) is 7.88. The van der Waals surface area contributed by atoms with Crippen LogP contribution in [0.2, 0.25) is 0 Å². The Morgan fingerprint density at radius 1 is 1.29 bits per heavy atom. The molecule has 0 spiro atoms. The van der Waals surface area contributed by atoms with E-state index in [4.69, 9.17) is 5.11 Å². The van der Waals surface area contributed by atoms with E-state index < -0.39 is 18.0 Å². The molecule has 1 aromatic carbocycles. The summed E-state index contributed by atoms with van der Waals surface area (Å²) in [5.74, 6) is -1.51. The van der Waals surface area contributed by atoms with Crippen molar-refractivity contribution >= 4 is 23.7 Å². The summed E-state index contributed by atoms with van der Waals surface area (Å²) in [6.07, 6.45) is -0.195. The summed E-state index contributed by atoms with van der Waals surface area (Å²) in [5.41, 5.74) is 0.903. The number of nitrogens with zero attached hydrogens (tertiary/aromatic N) is 1. The quantitative estimate of drug-likeness (QED) is 0.772. The summed E-state index contributed by atoms with van der Waals surface area (Å²) in [6, 6.07) is 6.14. The molecular weight excluding hydrogens is 276 g/mol. The highest BCUT2D eigenvalue weighted by Crippen LogP contribution is 2.16. The largest absolute Gasteiger partial charge is 0.481 e. The molecule has 7 heteroatoms. The standard InChI is InChI=1S/C14H18N2O5/c1-3-16(9-13(19)21-2)14(20)15-11-7-5-4-6-10(11)8-12(17)18/h4-7H,3,8-9H2,1-2H3,(H,15,20)(H,17,18). The van der Waals surface area contributed by atoms with Gasteiger partial charge in [0.1, 0.15) is 6.54 Å². The fourth-order valence-corrected chi connectivity index (χ4v) is 1.70. The minimum atomic E-state index is -0.987. The van der Waals surface area contributed by atoms with Crippen molar-refractivity contribution in [3.8, 4) is 0 Å². The summed E-state index contributed by atoms with van der Waals surface area (Å²) in [5, 5.41) is 11.5. The molecule has 2 amide bonds. The second-order valence-electron chi connectivity index (χ2n) is 4.25. The maximum atomic E-state index is 12.1. The first-order chi connectivity index (χ1) is 9.97. The predicted molar refractivity (Wildman–Crippen MR) is 76.1 cm³/mol. The molecule has 0 aliphatic rings. The zero-order valence-corrected chi connectivity index (χ0v) is 12.0. The van der Waals surface area contributed by atoms with E-state index >= 15 is 0 Å². The third-order valence-corrected chi connectivity index (χ3v) is 2.82. The van der Waals surface area contributed by atoms with Gasteiger partial charge in [-0.3, -0.25) is 9.59 Å². The molecule has 21 heavy (non-hydrogen) atoms. The Morgan fingerprint density at radius 3 is 2.52 bits per heavy atom. The van der Waals surface area contributed by atoms with E-state index in [1.54, 1.807) is 31.2 Å². The summed E-state index contributed by atoms with van der Waals surface area (Å²) in [6.45, 7) is 1.88. The van der Waals surface area contributed by atoms with E-state index in [1.165, 1.54) is 12.0 Å². The van der Waals surface area contributed by atoms with Gasteiger partial charge < -0.3 is 20.1 Å². The second-order valence-corrected chi connectivity index (χ2v) is 4.25. The number of benzene rings is 1. The van der Waals surface area contributed by atoms with Crippen LogP contribution in [0.15, 0.2) is 24.3 Å². The average Bonchev–Trinajstić information content (AvgIpc) is 2.45. The smallest absolute Gasteiger partial charge is 0.325 e. The molecule has 0 aliphatic carbocycles. The summed E-state index contributed by atoms with van der Waals surface area (Å²) >= 11 is 0. The number of carboxylic acid groups (broad SMARTS) is 1. The highest BCUT2D eigenvalue weighted by atomic mass is 16.5. The van der Waals surface area contributed by atoms with E-state index in [9.17, 15) is 14.4 Å². The van der Waals surface area contributed by atoms with E-state index in [1.807, 2.05) is 0 Å². The van der Waals surface area contributed by atoms with Gasteiger partial charge in [-0.25, -0.2) is 4.79 Å². The Labute approximate surface area is 122 Å². The minimum Gasteiger partial charge on any atom is -0.481 e. The number of rotatable bonds is 6. The number of esters is 1. The Hall–Kier alpha value is -2.57. The fraction of sp³-hybridized carbons (Fsp3) is 0.357. The maximum absolute atomic E-state index is 12.1. The van der Waals surface area contributed by atoms with Gasteiger partial charge >= 0.3 is 18.0 Å². The topological polar surface area (TPSA) is 95.9 Å². The average molecular weight is 294 g/mol. The third-order valence-electron chi connectivity index (χ3n) is 2.82. The summed E-state index contributed by atoms with van der Waals surface area (Å²) in [7, 11) is 1.25. The molecule has 0 bridgehead atoms. The highest BCUT2D eigenvalue weighted by molar-refractivity contribution is 5.92. The molecule has 0 aliphatic heterocycles. The monoisotopic (exact) mass is 294 g/mol. The van der Waals surface area contributed by atoms with Crippen molar-refractivity contribution in [3.05, 3.63) is 29.8 Å². The summed E-state index contributed by atoms with van der Waals surface area (Å²) in [4.78, 5) is 35.4. The van der Waals surface area contributed by atoms with Crippen LogP contribution in [-0.2, 0) is 20.7 Å². The Bertz CT molecular complexity index is 530. The molecule has 0 fully saturated rings. The molecular formula is C14H18N2O5. The number of nitrogens with one attached hydrogen (secondary N) is 1. The van der Waals surface area contributed by atoms with Gasteiger partial charge in [-0.05, 0) is 18.6 Å². The molecule has 114 valence electrons. The van der Waals surface area contributed by atoms with Crippen molar-refractivity contribution in [2.75, 3.05) is 25.5 Å². The van der Waals surface area contributed by atoms with Crippen LogP contribution in [-0.4, -0.2) is 48.2 Å². The van der Waals surface area contributed by atoms with Gasteiger partial charge in [-0.1, -0.05) is 18.2 Å². The number of aliphatic carboxylic acids is 1. The number of carbonyl (C=O) groups excluding carboxylic acids is 2. The van der Waals surface area contributed by atoms with Crippen molar-refractivity contribution in [1.82, 2.24) is 4.90 Å². The fourth-order valence-electron chi connectivity index (χ4n) is 1.70. The van der Waals surface area contributed by atoms with Crippen molar-refractivity contribution in [3.63, 3.8) is 0 Å². The van der Waals surface area contributed by atoms with Gasteiger partial charge in [0.2, 0.25) is 0 Å². The van der Waals surface area contributed by atoms with Crippen LogP contribution >= 0.6 is 0 Å². The molecule has 0 aromatic heterocycles. The molecule has 0 saturated heterocycles. The molecule has 2 N–H and O–H groups in total. The molecule has 0 radical (unpaired) electrons. The number of hydrogen-bond acceptors (Lipinski definition) is 4. The van der Waals surface area contributed by atoms with E-state index in [2.05, 4.69) is 10.1 Å². The number of anilines is 1. The zero-order chi connectivity index (χ0) is 15.8. The van der Waals surface area contributed by atoms with Crippen LogP contribution in [0, 0.1) is 0 Å². The normalized spacial score (nSPS) is 9.81. The van der Waals surface area contributed by atoms with E-state index in [-0.39, 0.29) is 13.0 Å². The van der Waals surface area contributed by atoms with Crippen LogP contribution < -0.4 is 5.32 Å². The van der Waals surface area contributed by atoms with Gasteiger partial charge in [0.25, 0.3) is 0 Å². The van der Waals surface area contributed by atoms with Crippen LogP contribution in [0.3, 0.4) is 0 Å². The SMILES string of the molecule is CCN(CC(=O)OC)C(=O)Nc1ccccc1CC(=O)O.